The zero-order chi connectivity index (χ0) is 13.8. The fourth-order valence-corrected chi connectivity index (χ4v) is 2.07. The monoisotopic (exact) mass is 339 g/mol. The van der Waals surface area contributed by atoms with Gasteiger partial charge in [0.1, 0.15) is 18.2 Å². The summed E-state index contributed by atoms with van der Waals surface area (Å²) >= 11 is 9.31. The Labute approximate surface area is 123 Å². The van der Waals surface area contributed by atoms with E-state index in [4.69, 9.17) is 21.6 Å². The Kier molecular flexibility index (Phi) is 4.41. The van der Waals surface area contributed by atoms with Gasteiger partial charge in [0.15, 0.2) is 0 Å². The van der Waals surface area contributed by atoms with Crippen molar-refractivity contribution in [3.8, 4) is 11.8 Å². The molecule has 2 aromatic carbocycles. The highest BCUT2D eigenvalue weighted by atomic mass is 79.9. The van der Waals surface area contributed by atoms with Gasteiger partial charge in [-0.15, -0.1) is 0 Å². The van der Waals surface area contributed by atoms with Crippen molar-refractivity contribution in [3.63, 3.8) is 0 Å². The summed E-state index contributed by atoms with van der Waals surface area (Å²) < 4.78 is 19.3. The van der Waals surface area contributed by atoms with E-state index in [2.05, 4.69) is 15.9 Å². The molecule has 2 aromatic rings. The highest BCUT2D eigenvalue weighted by molar-refractivity contribution is 9.10. The van der Waals surface area contributed by atoms with E-state index >= 15 is 0 Å². The molecule has 2 rings (SSSR count). The summed E-state index contributed by atoms with van der Waals surface area (Å²) in [6.07, 6.45) is 0. The van der Waals surface area contributed by atoms with Gasteiger partial charge in [-0.3, -0.25) is 0 Å². The van der Waals surface area contributed by atoms with E-state index in [1.165, 1.54) is 12.1 Å². The minimum absolute atomic E-state index is 0.201. The van der Waals surface area contributed by atoms with E-state index < -0.39 is 0 Å². The van der Waals surface area contributed by atoms with Crippen LogP contribution in [0.2, 0.25) is 5.02 Å². The molecule has 5 heteroatoms. The number of hydrogen-bond acceptors (Lipinski definition) is 2. The normalized spacial score (nSPS) is 10.0. The topological polar surface area (TPSA) is 33.0 Å². The van der Waals surface area contributed by atoms with Crippen LogP contribution in [0.25, 0.3) is 0 Å². The predicted octanol–water partition coefficient (Wildman–Crippen LogP) is 4.69. The Morgan fingerprint density at radius 3 is 2.74 bits per heavy atom. The quantitative estimate of drug-likeness (QED) is 0.812. The minimum atomic E-state index is -0.371. The molecule has 96 valence electrons. The smallest absolute Gasteiger partial charge is 0.136 e. The Bertz CT molecular complexity index is 654. The molecule has 2 nitrogen and oxygen atoms in total. The van der Waals surface area contributed by atoms with E-state index in [0.29, 0.717) is 20.8 Å². The number of hydrogen-bond donors (Lipinski definition) is 0. The minimum Gasteiger partial charge on any atom is -0.488 e. The van der Waals surface area contributed by atoms with Crippen LogP contribution in [-0.4, -0.2) is 0 Å². The number of nitrogens with zero attached hydrogens (tertiary/aromatic N) is 1. The molecule has 0 saturated carbocycles. The first-order chi connectivity index (χ1) is 9.10. The van der Waals surface area contributed by atoms with Crippen LogP contribution in [0.3, 0.4) is 0 Å². The molecule has 0 unspecified atom stereocenters. The lowest BCUT2D eigenvalue weighted by Crippen LogP contribution is -1.97. The maximum absolute atomic E-state index is 13.1. The molecule has 0 amide bonds. The zero-order valence-corrected chi connectivity index (χ0v) is 12.0. The molecular formula is C14H8BrClFNO. The van der Waals surface area contributed by atoms with Gasteiger partial charge in [0.2, 0.25) is 0 Å². The van der Waals surface area contributed by atoms with Crippen LogP contribution in [0.15, 0.2) is 40.9 Å². The number of ether oxygens (including phenoxy) is 1. The highest BCUT2D eigenvalue weighted by Crippen LogP contribution is 2.27. The molecule has 0 aliphatic rings. The standard InChI is InChI=1S/C14H8BrClFNO/c15-12-4-3-11(17)6-14(12)19-8-10-2-1-9(7-18)5-13(10)16/h1-6H,8H2. The van der Waals surface area contributed by atoms with Crippen LogP contribution in [0.5, 0.6) is 5.75 Å². The van der Waals surface area contributed by atoms with E-state index in [0.717, 1.165) is 5.56 Å². The first-order valence-electron chi connectivity index (χ1n) is 5.36. The fourth-order valence-electron chi connectivity index (χ4n) is 1.48. The third-order valence-electron chi connectivity index (χ3n) is 2.46. The Morgan fingerprint density at radius 2 is 2.05 bits per heavy atom. The SMILES string of the molecule is N#Cc1ccc(COc2cc(F)ccc2Br)c(Cl)c1. The third kappa shape index (κ3) is 3.46. The van der Waals surface area contributed by atoms with Crippen molar-refractivity contribution in [3.05, 3.63) is 62.8 Å². The number of nitriles is 1. The summed E-state index contributed by atoms with van der Waals surface area (Å²) in [4.78, 5) is 0. The van der Waals surface area contributed by atoms with Gasteiger partial charge >= 0.3 is 0 Å². The van der Waals surface area contributed by atoms with Crippen molar-refractivity contribution in [2.24, 2.45) is 0 Å². The molecule has 19 heavy (non-hydrogen) atoms. The summed E-state index contributed by atoms with van der Waals surface area (Å²) in [7, 11) is 0. The molecule has 0 radical (unpaired) electrons. The van der Waals surface area contributed by atoms with Crippen molar-refractivity contribution < 1.29 is 9.13 Å². The van der Waals surface area contributed by atoms with Gasteiger partial charge in [-0.1, -0.05) is 17.7 Å². The third-order valence-corrected chi connectivity index (χ3v) is 3.47. The van der Waals surface area contributed by atoms with Crippen molar-refractivity contribution in [1.29, 1.82) is 5.26 Å². The van der Waals surface area contributed by atoms with Crippen molar-refractivity contribution in [1.82, 2.24) is 0 Å². The molecule has 0 N–H and O–H groups in total. The molecule has 0 aliphatic heterocycles. The van der Waals surface area contributed by atoms with E-state index in [-0.39, 0.29) is 12.4 Å². The number of rotatable bonds is 3. The molecule has 0 fully saturated rings. The predicted molar refractivity (Wildman–Crippen MR) is 74.6 cm³/mol. The summed E-state index contributed by atoms with van der Waals surface area (Å²) in [5.74, 6) is 0.0320. The summed E-state index contributed by atoms with van der Waals surface area (Å²) in [6.45, 7) is 0.201. The maximum atomic E-state index is 13.1. The van der Waals surface area contributed by atoms with Crippen LogP contribution in [0.4, 0.5) is 4.39 Å². The van der Waals surface area contributed by atoms with E-state index in [1.807, 2.05) is 6.07 Å². The van der Waals surface area contributed by atoms with Crippen molar-refractivity contribution in [2.75, 3.05) is 0 Å². The first-order valence-corrected chi connectivity index (χ1v) is 6.53. The second kappa shape index (κ2) is 6.05. The lowest BCUT2D eigenvalue weighted by molar-refractivity contribution is 0.302. The van der Waals surface area contributed by atoms with Crippen LogP contribution >= 0.6 is 27.5 Å². The lowest BCUT2D eigenvalue weighted by Gasteiger charge is -2.09. The summed E-state index contributed by atoms with van der Waals surface area (Å²) in [5.41, 5.74) is 1.22. The average Bonchev–Trinajstić information content (AvgIpc) is 2.40. The van der Waals surface area contributed by atoms with Crippen LogP contribution in [0.1, 0.15) is 11.1 Å². The van der Waals surface area contributed by atoms with Crippen molar-refractivity contribution in [2.45, 2.75) is 6.61 Å². The second-order valence-electron chi connectivity index (χ2n) is 3.78. The maximum Gasteiger partial charge on any atom is 0.136 e. The van der Waals surface area contributed by atoms with Crippen LogP contribution in [-0.2, 0) is 6.61 Å². The van der Waals surface area contributed by atoms with Crippen LogP contribution in [0, 0.1) is 17.1 Å². The molecule has 0 saturated heterocycles. The molecule has 0 atom stereocenters. The Hall–Kier alpha value is -1.57. The average molecular weight is 341 g/mol. The molecule has 0 aromatic heterocycles. The molecule has 0 aliphatic carbocycles. The van der Waals surface area contributed by atoms with Gasteiger partial charge in [0.05, 0.1) is 16.1 Å². The molecule has 0 spiro atoms. The molecule has 0 bridgehead atoms. The van der Waals surface area contributed by atoms with Gasteiger partial charge in [-0.25, -0.2) is 4.39 Å². The zero-order valence-electron chi connectivity index (χ0n) is 9.66. The van der Waals surface area contributed by atoms with Crippen molar-refractivity contribution >= 4 is 27.5 Å². The number of benzene rings is 2. The largest absolute Gasteiger partial charge is 0.488 e. The first kappa shape index (κ1) is 13.9. The Morgan fingerprint density at radius 1 is 1.26 bits per heavy atom. The molecule has 0 heterocycles. The lowest BCUT2D eigenvalue weighted by atomic mass is 10.1. The van der Waals surface area contributed by atoms with Gasteiger partial charge in [-0.2, -0.15) is 5.26 Å². The molecular weight excluding hydrogens is 333 g/mol. The fraction of sp³-hybridized carbons (Fsp3) is 0.0714. The van der Waals surface area contributed by atoms with E-state index in [1.54, 1.807) is 24.3 Å². The van der Waals surface area contributed by atoms with Gasteiger partial charge in [0, 0.05) is 16.7 Å². The Balaban J connectivity index is 2.15. The van der Waals surface area contributed by atoms with Gasteiger partial charge < -0.3 is 4.74 Å². The van der Waals surface area contributed by atoms with Gasteiger partial charge in [0.25, 0.3) is 0 Å². The second-order valence-corrected chi connectivity index (χ2v) is 5.04. The highest BCUT2D eigenvalue weighted by Gasteiger charge is 2.06. The summed E-state index contributed by atoms with van der Waals surface area (Å²) in [5, 5.41) is 9.19. The van der Waals surface area contributed by atoms with E-state index in [9.17, 15) is 4.39 Å². The van der Waals surface area contributed by atoms with Gasteiger partial charge in [-0.05, 0) is 40.2 Å². The summed E-state index contributed by atoms with van der Waals surface area (Å²) in [6, 6.07) is 11.2. The number of halogens is 3. The van der Waals surface area contributed by atoms with Crippen LogP contribution < -0.4 is 4.74 Å².